The Balaban J connectivity index is 1.45. The molecular formula is C24H39NO3S. The summed E-state index contributed by atoms with van der Waals surface area (Å²) in [7, 11) is 0. The first-order valence-electron chi connectivity index (χ1n) is 11.9. The molecular weight excluding hydrogens is 382 g/mol. The third kappa shape index (κ3) is 3.74. The Morgan fingerprint density at radius 3 is 2.45 bits per heavy atom. The van der Waals surface area contributed by atoms with Gasteiger partial charge in [-0.25, -0.2) is 0 Å². The second-order valence-electron chi connectivity index (χ2n) is 10.7. The molecule has 0 radical (unpaired) electrons. The average Bonchev–Trinajstić information content (AvgIpc) is 2.98. The summed E-state index contributed by atoms with van der Waals surface area (Å²) in [5, 5.41) is 3.44. The number of carbonyl (C=O) groups excluding carboxylic acids is 2. The lowest BCUT2D eigenvalue weighted by molar-refractivity contribution is -0.161. The third-order valence-electron chi connectivity index (χ3n) is 9.48. The van der Waals surface area contributed by atoms with Crippen LogP contribution in [0.5, 0.6) is 0 Å². The molecule has 4 aliphatic carbocycles. The number of hydrogen-bond donors (Lipinski definition) is 1. The maximum absolute atomic E-state index is 12.1. The van der Waals surface area contributed by atoms with Crippen LogP contribution in [0.1, 0.15) is 85.5 Å². The van der Waals surface area contributed by atoms with Gasteiger partial charge in [-0.1, -0.05) is 32.5 Å². The summed E-state index contributed by atoms with van der Waals surface area (Å²) in [6.45, 7) is 8.56. The van der Waals surface area contributed by atoms with Crippen molar-refractivity contribution in [1.82, 2.24) is 5.32 Å². The van der Waals surface area contributed by atoms with Crippen molar-refractivity contribution >= 4 is 23.0 Å². The van der Waals surface area contributed by atoms with Crippen LogP contribution in [0, 0.1) is 34.5 Å². The van der Waals surface area contributed by atoms with Gasteiger partial charge in [0.2, 0.25) is 0 Å². The van der Waals surface area contributed by atoms with E-state index in [4.69, 9.17) is 4.74 Å². The van der Waals surface area contributed by atoms with Gasteiger partial charge in [0.1, 0.15) is 6.10 Å². The lowest BCUT2D eigenvalue weighted by Gasteiger charge is -2.61. The van der Waals surface area contributed by atoms with Crippen LogP contribution >= 0.6 is 11.8 Å². The van der Waals surface area contributed by atoms with E-state index >= 15 is 0 Å². The zero-order valence-electron chi connectivity index (χ0n) is 18.7. The van der Waals surface area contributed by atoms with Gasteiger partial charge in [0.05, 0.1) is 0 Å². The standard InChI is InChI=1S/C24H39NO3S/c1-5-29-22(27)25-17-10-12-23(3)16(14-17)6-7-18-19-8-9-21(28-15(2)26)24(19,4)13-11-20(18)23/h16-21H,5-14H2,1-4H3,(H,25,27)/t16-,17+,18-,19-,20-,21-,23-,24-/m0/s1. The largest absolute Gasteiger partial charge is 0.462 e. The average molecular weight is 422 g/mol. The molecule has 0 bridgehead atoms. The van der Waals surface area contributed by atoms with E-state index in [0.29, 0.717) is 17.4 Å². The van der Waals surface area contributed by atoms with Crippen molar-refractivity contribution < 1.29 is 14.3 Å². The maximum Gasteiger partial charge on any atom is 0.302 e. The van der Waals surface area contributed by atoms with Gasteiger partial charge in [0.25, 0.3) is 5.24 Å². The first-order valence-corrected chi connectivity index (χ1v) is 12.9. The minimum Gasteiger partial charge on any atom is -0.462 e. The molecule has 0 heterocycles. The highest BCUT2D eigenvalue weighted by Crippen LogP contribution is 2.66. The minimum atomic E-state index is -0.115. The smallest absolute Gasteiger partial charge is 0.302 e. The van der Waals surface area contributed by atoms with E-state index in [9.17, 15) is 9.59 Å². The molecule has 1 amide bonds. The summed E-state index contributed by atoms with van der Waals surface area (Å²) in [6.07, 6.45) is 11.0. The van der Waals surface area contributed by atoms with Crippen LogP contribution in [0.3, 0.4) is 0 Å². The summed E-state index contributed by atoms with van der Waals surface area (Å²) in [5.41, 5.74) is 0.599. The molecule has 29 heavy (non-hydrogen) atoms. The summed E-state index contributed by atoms with van der Waals surface area (Å²) in [4.78, 5) is 23.7. The number of rotatable bonds is 3. The van der Waals surface area contributed by atoms with E-state index in [0.717, 1.165) is 42.8 Å². The molecule has 4 nitrogen and oxygen atoms in total. The molecule has 164 valence electrons. The molecule has 0 aliphatic heterocycles. The Labute approximate surface area is 180 Å². The highest BCUT2D eigenvalue weighted by molar-refractivity contribution is 8.13. The highest BCUT2D eigenvalue weighted by Gasteiger charge is 2.61. The van der Waals surface area contributed by atoms with E-state index in [-0.39, 0.29) is 22.7 Å². The Bertz CT molecular complexity index is 654. The van der Waals surface area contributed by atoms with Crippen molar-refractivity contribution in [1.29, 1.82) is 0 Å². The Morgan fingerprint density at radius 2 is 1.72 bits per heavy atom. The molecule has 0 aromatic carbocycles. The van der Waals surface area contributed by atoms with Gasteiger partial charge in [-0.05, 0) is 92.6 Å². The topological polar surface area (TPSA) is 55.4 Å². The van der Waals surface area contributed by atoms with E-state index in [2.05, 4.69) is 19.2 Å². The SMILES string of the molecule is CCSC(=O)N[C@@H]1CC[C@@]2(C)[C@@H](CC[C@@H]3[C@@H]2CC[C@]2(C)[C@@H](OC(C)=O)CC[C@@H]32)C1. The number of fused-ring (bicyclic) bond motifs is 5. The van der Waals surface area contributed by atoms with Gasteiger partial charge in [0.15, 0.2) is 0 Å². The number of ether oxygens (including phenoxy) is 1. The van der Waals surface area contributed by atoms with Gasteiger partial charge in [0, 0.05) is 18.4 Å². The summed E-state index contributed by atoms with van der Waals surface area (Å²) < 4.78 is 5.78. The van der Waals surface area contributed by atoms with E-state index in [1.54, 1.807) is 6.92 Å². The van der Waals surface area contributed by atoms with Crippen molar-refractivity contribution in [2.45, 2.75) is 97.6 Å². The first-order chi connectivity index (χ1) is 13.8. The van der Waals surface area contributed by atoms with Crippen molar-refractivity contribution in [2.75, 3.05) is 5.75 Å². The zero-order chi connectivity index (χ0) is 20.8. The quantitative estimate of drug-likeness (QED) is 0.586. The predicted octanol–water partition coefficient (Wildman–Crippen LogP) is 5.79. The van der Waals surface area contributed by atoms with Crippen LogP contribution in [0.2, 0.25) is 0 Å². The molecule has 0 spiro atoms. The molecule has 8 atom stereocenters. The fourth-order valence-electron chi connectivity index (χ4n) is 8.07. The highest BCUT2D eigenvalue weighted by atomic mass is 32.2. The van der Waals surface area contributed by atoms with Crippen LogP contribution in [0.15, 0.2) is 0 Å². The van der Waals surface area contributed by atoms with E-state index < -0.39 is 0 Å². The van der Waals surface area contributed by atoms with Crippen LogP contribution in [-0.2, 0) is 9.53 Å². The second kappa shape index (κ2) is 8.09. The Morgan fingerprint density at radius 1 is 1.00 bits per heavy atom. The van der Waals surface area contributed by atoms with Gasteiger partial charge >= 0.3 is 5.97 Å². The zero-order valence-corrected chi connectivity index (χ0v) is 19.5. The number of amides is 1. The van der Waals surface area contributed by atoms with Crippen LogP contribution in [0.25, 0.3) is 0 Å². The molecule has 4 rings (SSSR count). The summed E-state index contributed by atoms with van der Waals surface area (Å²) in [5.74, 6) is 3.77. The summed E-state index contributed by atoms with van der Waals surface area (Å²) in [6, 6.07) is 0.366. The molecule has 4 saturated carbocycles. The lowest BCUT2D eigenvalue weighted by Crippen LogP contribution is -2.55. The van der Waals surface area contributed by atoms with Crippen LogP contribution < -0.4 is 5.32 Å². The second-order valence-corrected chi connectivity index (χ2v) is 11.9. The summed E-state index contributed by atoms with van der Waals surface area (Å²) >= 11 is 1.40. The molecule has 0 saturated heterocycles. The maximum atomic E-state index is 12.1. The molecule has 5 heteroatoms. The third-order valence-corrected chi connectivity index (χ3v) is 10.2. The Kier molecular flexibility index (Phi) is 6.00. The van der Waals surface area contributed by atoms with Gasteiger partial charge in [-0.2, -0.15) is 0 Å². The predicted molar refractivity (Wildman–Crippen MR) is 118 cm³/mol. The van der Waals surface area contributed by atoms with Gasteiger partial charge in [-0.3, -0.25) is 9.59 Å². The molecule has 4 fully saturated rings. The Hall–Kier alpha value is -0.710. The fraction of sp³-hybridized carbons (Fsp3) is 0.917. The van der Waals surface area contributed by atoms with Crippen molar-refractivity contribution in [2.24, 2.45) is 34.5 Å². The monoisotopic (exact) mass is 421 g/mol. The van der Waals surface area contributed by atoms with Crippen LogP contribution in [0.4, 0.5) is 4.79 Å². The van der Waals surface area contributed by atoms with E-state index in [1.807, 2.05) is 6.92 Å². The fourth-order valence-corrected chi connectivity index (χ4v) is 8.59. The normalized spacial score (nSPS) is 46.2. The minimum absolute atomic E-state index is 0.115. The van der Waals surface area contributed by atoms with Gasteiger partial charge in [-0.15, -0.1) is 0 Å². The number of nitrogens with one attached hydrogen (secondary N) is 1. The molecule has 0 aromatic rings. The van der Waals surface area contributed by atoms with E-state index in [1.165, 1.54) is 50.3 Å². The molecule has 0 aromatic heterocycles. The first kappa shape index (κ1) is 21.5. The van der Waals surface area contributed by atoms with Crippen molar-refractivity contribution in [3.8, 4) is 0 Å². The lowest BCUT2D eigenvalue weighted by atomic mass is 9.45. The van der Waals surface area contributed by atoms with Gasteiger partial charge < -0.3 is 10.1 Å². The molecule has 0 unspecified atom stereocenters. The molecule has 4 aliphatic rings. The molecule has 1 N–H and O–H groups in total. The van der Waals surface area contributed by atoms with Crippen LogP contribution in [-0.4, -0.2) is 29.1 Å². The number of hydrogen-bond acceptors (Lipinski definition) is 4. The van der Waals surface area contributed by atoms with Crippen molar-refractivity contribution in [3.63, 3.8) is 0 Å². The number of thioether (sulfide) groups is 1. The number of carbonyl (C=O) groups is 2. The number of esters is 1. The van der Waals surface area contributed by atoms with Crippen molar-refractivity contribution in [3.05, 3.63) is 0 Å².